The van der Waals surface area contributed by atoms with Crippen LogP contribution in [0.2, 0.25) is 0 Å². The van der Waals surface area contributed by atoms with Crippen molar-refractivity contribution < 1.29 is 36.2 Å². The van der Waals surface area contributed by atoms with Gasteiger partial charge in [0.15, 0.2) is 9.84 Å². The van der Waals surface area contributed by atoms with Gasteiger partial charge in [-0.2, -0.15) is 13.2 Å². The molecule has 1 unspecified atom stereocenters. The summed E-state index contributed by atoms with van der Waals surface area (Å²) in [4.78, 5) is -0.795. The maximum absolute atomic E-state index is 13.9. The van der Waals surface area contributed by atoms with E-state index in [-0.39, 0.29) is 17.1 Å². The van der Waals surface area contributed by atoms with Gasteiger partial charge in [-0.1, -0.05) is 18.6 Å². The fourth-order valence-corrected chi connectivity index (χ4v) is 5.97. The molecule has 216 valence electrons. The lowest BCUT2D eigenvalue weighted by Crippen LogP contribution is -2.35. The van der Waals surface area contributed by atoms with Gasteiger partial charge in [0.25, 0.3) is 0 Å². The summed E-state index contributed by atoms with van der Waals surface area (Å²) in [7, 11) is -4.13. The quantitative estimate of drug-likeness (QED) is 0.225. The van der Waals surface area contributed by atoms with E-state index in [9.17, 15) is 26.7 Å². The molecular weight excluding hydrogens is 555 g/mol. The van der Waals surface area contributed by atoms with E-state index >= 15 is 0 Å². The van der Waals surface area contributed by atoms with Gasteiger partial charge >= 0.3 is 6.18 Å². The molecule has 1 saturated heterocycles. The van der Waals surface area contributed by atoms with Gasteiger partial charge in [0.05, 0.1) is 17.1 Å². The summed E-state index contributed by atoms with van der Waals surface area (Å²) in [5.74, 6) is 1.39. The number of phenols is 1. The summed E-state index contributed by atoms with van der Waals surface area (Å²) in [6.45, 7) is 1.60. The molecule has 10 heteroatoms. The summed E-state index contributed by atoms with van der Waals surface area (Å²) in [6.07, 6.45) is 0.327. The standard InChI is InChI=1S/C31H30F3NO5S/c1-41(37,38)29-14-6-21(19-28(29)31(32,33)34)26-12-5-20-18-23(36)7-13-27(20)30(26)40-25-10-8-24(9-11-25)39-17-15-22-4-2-3-16-35-22/h5-14,18-19,22,35-36H,2-4,15-17H2,1H3. The number of ether oxygens (including phenoxy) is 2. The maximum atomic E-state index is 13.9. The van der Waals surface area contributed by atoms with Crippen LogP contribution in [0, 0.1) is 0 Å². The van der Waals surface area contributed by atoms with Crippen molar-refractivity contribution in [3.05, 3.63) is 78.4 Å². The van der Waals surface area contributed by atoms with Crippen LogP contribution in [0.4, 0.5) is 13.2 Å². The van der Waals surface area contributed by atoms with E-state index in [0.717, 1.165) is 37.8 Å². The third-order valence-electron chi connectivity index (χ3n) is 7.14. The minimum Gasteiger partial charge on any atom is -0.508 e. The SMILES string of the molecule is CS(=O)(=O)c1ccc(-c2ccc3cc(O)ccc3c2Oc2ccc(OCCC3CCCCN3)cc2)cc1C(F)(F)F. The third kappa shape index (κ3) is 6.77. The van der Waals surface area contributed by atoms with Crippen molar-refractivity contribution >= 4 is 20.6 Å². The highest BCUT2D eigenvalue weighted by atomic mass is 32.2. The molecule has 41 heavy (non-hydrogen) atoms. The van der Waals surface area contributed by atoms with E-state index < -0.39 is 26.5 Å². The molecule has 4 aromatic rings. The number of alkyl halides is 3. The second-order valence-corrected chi connectivity index (χ2v) is 12.2. The highest BCUT2D eigenvalue weighted by Crippen LogP contribution is 2.43. The number of nitrogens with one attached hydrogen (secondary N) is 1. The summed E-state index contributed by atoms with van der Waals surface area (Å²) in [5.41, 5.74) is -0.792. The van der Waals surface area contributed by atoms with Gasteiger partial charge in [-0.25, -0.2) is 8.42 Å². The van der Waals surface area contributed by atoms with Crippen LogP contribution >= 0.6 is 0 Å². The van der Waals surface area contributed by atoms with Crippen molar-refractivity contribution in [1.29, 1.82) is 0 Å². The first-order valence-electron chi connectivity index (χ1n) is 13.3. The summed E-state index contributed by atoms with van der Waals surface area (Å²) in [6, 6.07) is 18.4. The molecule has 0 spiro atoms. The van der Waals surface area contributed by atoms with E-state index in [1.54, 1.807) is 42.5 Å². The van der Waals surface area contributed by atoms with E-state index in [2.05, 4.69) is 5.32 Å². The van der Waals surface area contributed by atoms with Gasteiger partial charge < -0.3 is 19.9 Å². The average molecular weight is 586 g/mol. The number of benzene rings is 4. The number of hydrogen-bond donors (Lipinski definition) is 2. The first-order valence-corrected chi connectivity index (χ1v) is 15.2. The molecular formula is C31H30F3NO5S. The number of sulfone groups is 1. The zero-order chi connectivity index (χ0) is 29.2. The molecule has 1 aliphatic rings. The summed E-state index contributed by atoms with van der Waals surface area (Å²) >= 11 is 0. The average Bonchev–Trinajstić information content (AvgIpc) is 2.93. The summed E-state index contributed by atoms with van der Waals surface area (Å²) in [5, 5.41) is 14.6. The molecule has 0 aliphatic carbocycles. The van der Waals surface area contributed by atoms with Crippen LogP contribution in [-0.2, 0) is 16.0 Å². The number of piperidine rings is 1. The smallest absolute Gasteiger partial charge is 0.417 e. The van der Waals surface area contributed by atoms with Crippen molar-refractivity contribution in [2.45, 2.75) is 42.8 Å². The van der Waals surface area contributed by atoms with Gasteiger partial charge in [0.2, 0.25) is 0 Å². The Morgan fingerprint density at radius 2 is 1.71 bits per heavy atom. The Morgan fingerprint density at radius 1 is 0.951 bits per heavy atom. The van der Waals surface area contributed by atoms with Crippen LogP contribution in [0.3, 0.4) is 0 Å². The highest BCUT2D eigenvalue weighted by Gasteiger charge is 2.36. The molecule has 2 N–H and O–H groups in total. The van der Waals surface area contributed by atoms with E-state index in [1.807, 2.05) is 0 Å². The Hall–Kier alpha value is -3.76. The number of fused-ring (bicyclic) bond motifs is 1. The fraction of sp³-hybridized carbons (Fsp3) is 0.290. The predicted molar refractivity (Wildman–Crippen MR) is 151 cm³/mol. The zero-order valence-electron chi connectivity index (χ0n) is 22.4. The van der Waals surface area contributed by atoms with Crippen LogP contribution in [0.1, 0.15) is 31.2 Å². The predicted octanol–water partition coefficient (Wildman–Crippen LogP) is 7.34. The second-order valence-electron chi connectivity index (χ2n) is 10.2. The molecule has 5 rings (SSSR count). The van der Waals surface area contributed by atoms with E-state index in [1.165, 1.54) is 31.0 Å². The normalized spacial score (nSPS) is 16.0. The lowest BCUT2D eigenvalue weighted by molar-refractivity contribution is -0.139. The Balaban J connectivity index is 1.47. The van der Waals surface area contributed by atoms with Crippen molar-refractivity contribution in [3.63, 3.8) is 0 Å². The third-order valence-corrected chi connectivity index (χ3v) is 8.30. The lowest BCUT2D eigenvalue weighted by atomic mass is 9.97. The molecule has 0 amide bonds. The largest absolute Gasteiger partial charge is 0.508 e. The maximum Gasteiger partial charge on any atom is 0.417 e. The Bertz CT molecular complexity index is 1650. The molecule has 0 saturated carbocycles. The minimum absolute atomic E-state index is 0.0259. The molecule has 6 nitrogen and oxygen atoms in total. The molecule has 0 radical (unpaired) electrons. The highest BCUT2D eigenvalue weighted by molar-refractivity contribution is 7.90. The number of aromatic hydroxyl groups is 1. The first kappa shape index (κ1) is 28.8. The van der Waals surface area contributed by atoms with Crippen molar-refractivity contribution in [3.8, 4) is 34.1 Å². The molecule has 1 aliphatic heterocycles. The monoisotopic (exact) mass is 585 g/mol. The van der Waals surface area contributed by atoms with Gasteiger partial charge in [-0.05, 0) is 97.4 Å². The van der Waals surface area contributed by atoms with Crippen LogP contribution in [0.15, 0.2) is 77.7 Å². The Morgan fingerprint density at radius 3 is 2.39 bits per heavy atom. The second kappa shape index (κ2) is 11.6. The number of halogens is 3. The van der Waals surface area contributed by atoms with Gasteiger partial charge in [0, 0.05) is 23.2 Å². The van der Waals surface area contributed by atoms with E-state index in [0.29, 0.717) is 40.5 Å². The van der Waals surface area contributed by atoms with Crippen LogP contribution in [-0.4, -0.2) is 39.0 Å². The number of rotatable bonds is 8. The van der Waals surface area contributed by atoms with Gasteiger partial charge in [0.1, 0.15) is 23.0 Å². The van der Waals surface area contributed by atoms with Crippen molar-refractivity contribution in [1.82, 2.24) is 5.32 Å². The zero-order valence-corrected chi connectivity index (χ0v) is 23.2. The van der Waals surface area contributed by atoms with E-state index in [4.69, 9.17) is 9.47 Å². The van der Waals surface area contributed by atoms with Crippen molar-refractivity contribution in [2.24, 2.45) is 0 Å². The molecule has 0 bridgehead atoms. The molecule has 0 aromatic heterocycles. The fourth-order valence-electron chi connectivity index (χ4n) is 5.08. The molecule has 4 aromatic carbocycles. The van der Waals surface area contributed by atoms with Crippen molar-refractivity contribution in [2.75, 3.05) is 19.4 Å². The Labute approximate surface area is 236 Å². The molecule has 1 heterocycles. The molecule has 1 fully saturated rings. The molecule has 1 atom stereocenters. The van der Waals surface area contributed by atoms with Crippen LogP contribution in [0.5, 0.6) is 23.0 Å². The lowest BCUT2D eigenvalue weighted by Gasteiger charge is -2.23. The Kier molecular flexibility index (Phi) is 8.15. The minimum atomic E-state index is -4.89. The number of hydrogen-bond acceptors (Lipinski definition) is 6. The van der Waals surface area contributed by atoms with Gasteiger partial charge in [-0.15, -0.1) is 0 Å². The van der Waals surface area contributed by atoms with Crippen LogP contribution in [0.25, 0.3) is 21.9 Å². The summed E-state index contributed by atoms with van der Waals surface area (Å²) < 4.78 is 78.0. The number of phenolic OH excluding ortho intramolecular Hbond substituents is 1. The van der Waals surface area contributed by atoms with Crippen LogP contribution < -0.4 is 14.8 Å². The topological polar surface area (TPSA) is 84.9 Å². The first-order chi connectivity index (χ1) is 19.5. The van der Waals surface area contributed by atoms with Gasteiger partial charge in [-0.3, -0.25) is 0 Å².